The summed E-state index contributed by atoms with van der Waals surface area (Å²) >= 11 is 0. The third kappa shape index (κ3) is 3.65. The van der Waals surface area contributed by atoms with Gasteiger partial charge in [0.1, 0.15) is 17.5 Å². The highest BCUT2D eigenvalue weighted by molar-refractivity contribution is 5.92. The molecule has 3 aromatic rings. The number of alkyl halides is 2. The molecule has 6 nitrogen and oxygen atoms in total. The van der Waals surface area contributed by atoms with Crippen LogP contribution in [0.3, 0.4) is 0 Å². The van der Waals surface area contributed by atoms with Crippen LogP contribution in [-0.2, 0) is 6.54 Å². The fraction of sp³-hybridized carbons (Fsp3) is 0.368. The predicted molar refractivity (Wildman–Crippen MR) is 96.1 cm³/mol. The lowest BCUT2D eigenvalue weighted by Gasteiger charge is -2.32. The van der Waals surface area contributed by atoms with Crippen LogP contribution >= 0.6 is 0 Å². The molecule has 0 atom stereocenters. The van der Waals surface area contributed by atoms with Crippen molar-refractivity contribution in [3.8, 4) is 5.75 Å². The maximum absolute atomic E-state index is 12.7. The standard InChI is InChI=1S/C19H20F2N4O2/c20-18(21)11-25-9-6-14-16(25)2-1-3-17(14)27-13-4-7-24(8-5-13)19(26)15-10-22-12-23-15/h1-3,6,9-10,12-13,18H,4-5,7-8,11H2,(H,22,23). The first kappa shape index (κ1) is 17.5. The first-order valence-electron chi connectivity index (χ1n) is 8.92. The first-order chi connectivity index (χ1) is 13.1. The molecule has 1 amide bonds. The molecule has 8 heteroatoms. The van der Waals surface area contributed by atoms with Crippen LogP contribution in [0.2, 0.25) is 0 Å². The number of fused-ring (bicyclic) bond motifs is 1. The number of piperidine rings is 1. The number of halogens is 2. The van der Waals surface area contributed by atoms with Crippen LogP contribution in [0.1, 0.15) is 23.3 Å². The fourth-order valence-corrected chi connectivity index (χ4v) is 3.51. The molecule has 0 saturated carbocycles. The van der Waals surface area contributed by atoms with Crippen LogP contribution in [0.15, 0.2) is 43.0 Å². The summed E-state index contributed by atoms with van der Waals surface area (Å²) in [6.45, 7) is 0.872. The maximum atomic E-state index is 12.7. The largest absolute Gasteiger partial charge is 0.490 e. The van der Waals surface area contributed by atoms with Gasteiger partial charge < -0.3 is 19.2 Å². The van der Waals surface area contributed by atoms with Crippen molar-refractivity contribution in [2.45, 2.75) is 31.9 Å². The highest BCUT2D eigenvalue weighted by Gasteiger charge is 2.25. The van der Waals surface area contributed by atoms with Crippen LogP contribution in [-0.4, -0.2) is 51.0 Å². The molecule has 1 fully saturated rings. The first-order valence-corrected chi connectivity index (χ1v) is 8.92. The van der Waals surface area contributed by atoms with Crippen molar-refractivity contribution in [1.82, 2.24) is 19.4 Å². The fourth-order valence-electron chi connectivity index (χ4n) is 3.51. The molecule has 2 aromatic heterocycles. The van der Waals surface area contributed by atoms with E-state index in [-0.39, 0.29) is 18.6 Å². The van der Waals surface area contributed by atoms with Gasteiger partial charge in [-0.2, -0.15) is 0 Å². The highest BCUT2D eigenvalue weighted by atomic mass is 19.3. The summed E-state index contributed by atoms with van der Waals surface area (Å²) in [6, 6.07) is 7.30. The topological polar surface area (TPSA) is 63.1 Å². The van der Waals surface area contributed by atoms with E-state index in [9.17, 15) is 13.6 Å². The molecule has 1 aromatic carbocycles. The zero-order chi connectivity index (χ0) is 18.8. The molecular formula is C19H20F2N4O2. The van der Waals surface area contributed by atoms with Crippen molar-refractivity contribution in [3.05, 3.63) is 48.7 Å². The number of nitrogens with one attached hydrogen (secondary N) is 1. The van der Waals surface area contributed by atoms with Crippen molar-refractivity contribution in [3.63, 3.8) is 0 Å². The van der Waals surface area contributed by atoms with Gasteiger partial charge in [0.25, 0.3) is 12.3 Å². The second-order valence-corrected chi connectivity index (χ2v) is 6.62. The second-order valence-electron chi connectivity index (χ2n) is 6.62. The smallest absolute Gasteiger partial charge is 0.271 e. The molecule has 0 radical (unpaired) electrons. The Labute approximate surface area is 154 Å². The SMILES string of the molecule is O=C(c1cnc[nH]1)N1CCC(Oc2cccc3c2ccn3CC(F)F)CC1. The van der Waals surface area contributed by atoms with Gasteiger partial charge in [0.15, 0.2) is 0 Å². The van der Waals surface area contributed by atoms with E-state index in [4.69, 9.17) is 4.74 Å². The number of rotatable bonds is 5. The van der Waals surface area contributed by atoms with Gasteiger partial charge in [-0.3, -0.25) is 4.79 Å². The van der Waals surface area contributed by atoms with Gasteiger partial charge in [0, 0.05) is 37.5 Å². The van der Waals surface area contributed by atoms with E-state index in [0.29, 0.717) is 37.4 Å². The molecule has 1 N–H and O–H groups in total. The summed E-state index contributed by atoms with van der Waals surface area (Å²) in [5.41, 5.74) is 1.22. The number of imidazole rings is 1. The minimum absolute atomic E-state index is 0.0140. The molecule has 3 heterocycles. The highest BCUT2D eigenvalue weighted by Crippen LogP contribution is 2.29. The third-order valence-electron chi connectivity index (χ3n) is 4.86. The summed E-state index contributed by atoms with van der Waals surface area (Å²) in [5, 5.41) is 0.828. The summed E-state index contributed by atoms with van der Waals surface area (Å²) < 4.78 is 33.1. The van der Waals surface area contributed by atoms with E-state index in [1.807, 2.05) is 24.3 Å². The Bertz CT molecular complexity index is 915. The molecule has 0 aliphatic carbocycles. The van der Waals surface area contributed by atoms with Crippen LogP contribution in [0.25, 0.3) is 10.9 Å². The van der Waals surface area contributed by atoms with Gasteiger partial charge in [0.05, 0.1) is 24.6 Å². The van der Waals surface area contributed by atoms with E-state index in [1.165, 1.54) is 12.5 Å². The number of carbonyl (C=O) groups excluding carboxylic acids is 1. The molecule has 0 unspecified atom stereocenters. The summed E-state index contributed by atoms with van der Waals surface area (Å²) in [5.74, 6) is 0.635. The van der Waals surface area contributed by atoms with Crippen molar-refractivity contribution >= 4 is 16.8 Å². The number of likely N-dealkylation sites (tertiary alicyclic amines) is 1. The predicted octanol–water partition coefficient (Wildman–Crippen LogP) is 3.31. The molecule has 0 spiro atoms. The van der Waals surface area contributed by atoms with E-state index < -0.39 is 6.43 Å². The number of amides is 1. The number of aromatic amines is 1. The molecule has 0 bridgehead atoms. The van der Waals surface area contributed by atoms with Gasteiger partial charge in [-0.15, -0.1) is 0 Å². The molecule has 4 rings (SSSR count). The summed E-state index contributed by atoms with van der Waals surface area (Å²) in [6.07, 6.45) is 3.69. The van der Waals surface area contributed by atoms with Crippen LogP contribution < -0.4 is 4.74 Å². The zero-order valence-corrected chi connectivity index (χ0v) is 14.6. The Morgan fingerprint density at radius 2 is 2.11 bits per heavy atom. The number of nitrogens with zero attached hydrogens (tertiary/aromatic N) is 3. The Kier molecular flexibility index (Phi) is 4.79. The average Bonchev–Trinajstić information content (AvgIpc) is 3.33. The van der Waals surface area contributed by atoms with Crippen molar-refractivity contribution < 1.29 is 18.3 Å². The molecule has 27 heavy (non-hydrogen) atoms. The van der Waals surface area contributed by atoms with E-state index in [0.717, 1.165) is 10.9 Å². The normalized spacial score (nSPS) is 15.6. The average molecular weight is 374 g/mol. The Balaban J connectivity index is 1.42. The van der Waals surface area contributed by atoms with E-state index in [2.05, 4.69) is 9.97 Å². The quantitative estimate of drug-likeness (QED) is 0.745. The number of H-pyrrole nitrogens is 1. The van der Waals surface area contributed by atoms with Crippen LogP contribution in [0, 0.1) is 0 Å². The number of benzene rings is 1. The lowest BCUT2D eigenvalue weighted by Crippen LogP contribution is -2.41. The molecule has 1 saturated heterocycles. The van der Waals surface area contributed by atoms with Crippen molar-refractivity contribution in [2.75, 3.05) is 13.1 Å². The van der Waals surface area contributed by atoms with Gasteiger partial charge in [-0.05, 0) is 18.2 Å². The van der Waals surface area contributed by atoms with Gasteiger partial charge in [-0.25, -0.2) is 13.8 Å². The Hall–Kier alpha value is -2.90. The molecule has 142 valence electrons. The van der Waals surface area contributed by atoms with Crippen molar-refractivity contribution in [1.29, 1.82) is 0 Å². The zero-order valence-electron chi connectivity index (χ0n) is 14.6. The number of hydrogen-bond donors (Lipinski definition) is 1. The molecule has 1 aliphatic heterocycles. The van der Waals surface area contributed by atoms with E-state index in [1.54, 1.807) is 15.7 Å². The molecular weight excluding hydrogens is 354 g/mol. The van der Waals surface area contributed by atoms with Crippen molar-refractivity contribution in [2.24, 2.45) is 0 Å². The lowest BCUT2D eigenvalue weighted by atomic mass is 10.1. The monoisotopic (exact) mass is 374 g/mol. The minimum Gasteiger partial charge on any atom is -0.490 e. The van der Waals surface area contributed by atoms with Crippen LogP contribution in [0.4, 0.5) is 8.78 Å². The van der Waals surface area contributed by atoms with Gasteiger partial charge >= 0.3 is 0 Å². The number of carbonyl (C=O) groups is 1. The lowest BCUT2D eigenvalue weighted by molar-refractivity contribution is 0.0593. The Morgan fingerprint density at radius 1 is 1.30 bits per heavy atom. The van der Waals surface area contributed by atoms with Gasteiger partial charge in [0.2, 0.25) is 0 Å². The summed E-state index contributed by atoms with van der Waals surface area (Å²) in [7, 11) is 0. The maximum Gasteiger partial charge on any atom is 0.271 e. The third-order valence-corrected chi connectivity index (χ3v) is 4.86. The number of aromatic nitrogens is 3. The van der Waals surface area contributed by atoms with Gasteiger partial charge in [-0.1, -0.05) is 6.07 Å². The minimum atomic E-state index is -2.40. The summed E-state index contributed by atoms with van der Waals surface area (Å²) in [4.78, 5) is 20.8. The number of hydrogen-bond acceptors (Lipinski definition) is 3. The van der Waals surface area contributed by atoms with Crippen LogP contribution in [0.5, 0.6) is 5.75 Å². The number of ether oxygens (including phenoxy) is 1. The van der Waals surface area contributed by atoms with E-state index >= 15 is 0 Å². The molecule has 1 aliphatic rings. The second kappa shape index (κ2) is 7.38. The Morgan fingerprint density at radius 3 is 2.81 bits per heavy atom.